The second-order valence-electron chi connectivity index (χ2n) is 3.86. The van der Waals surface area contributed by atoms with Gasteiger partial charge in [-0.1, -0.05) is 6.07 Å². The molecule has 0 atom stereocenters. The molecule has 0 amide bonds. The van der Waals surface area contributed by atoms with E-state index in [1.807, 2.05) is 11.0 Å². The van der Waals surface area contributed by atoms with Gasteiger partial charge in [-0.15, -0.1) is 0 Å². The quantitative estimate of drug-likeness (QED) is 0.839. The summed E-state index contributed by atoms with van der Waals surface area (Å²) in [6, 6.07) is 5.15. The van der Waals surface area contributed by atoms with Crippen LogP contribution in [0.4, 0.5) is 10.1 Å². The van der Waals surface area contributed by atoms with Crippen molar-refractivity contribution in [3.8, 4) is 0 Å². The number of rotatable bonds is 3. The Bertz CT molecular complexity index is 351. The summed E-state index contributed by atoms with van der Waals surface area (Å²) in [5, 5.41) is 8.78. The van der Waals surface area contributed by atoms with Gasteiger partial charge in [0.05, 0.1) is 18.9 Å². The standard InChI is InChI=1S/C12H16FNO2/c13-11-9-10(3-6-15)1-2-12(11)14-4-7-16-8-5-14/h1-2,9,15H,3-8H2. The summed E-state index contributed by atoms with van der Waals surface area (Å²) in [5.41, 5.74) is 1.46. The van der Waals surface area contributed by atoms with Crippen LogP contribution in [0.2, 0.25) is 0 Å². The molecule has 1 fully saturated rings. The van der Waals surface area contributed by atoms with Crippen molar-refractivity contribution < 1.29 is 14.2 Å². The van der Waals surface area contributed by atoms with Crippen LogP contribution in [0.15, 0.2) is 18.2 Å². The Labute approximate surface area is 94.4 Å². The van der Waals surface area contributed by atoms with Crippen LogP contribution in [0.3, 0.4) is 0 Å². The summed E-state index contributed by atoms with van der Waals surface area (Å²) < 4.78 is 19.0. The molecule has 1 aromatic carbocycles. The average Bonchev–Trinajstić information content (AvgIpc) is 2.31. The summed E-state index contributed by atoms with van der Waals surface area (Å²) in [4.78, 5) is 1.99. The van der Waals surface area contributed by atoms with Crippen LogP contribution in [0.25, 0.3) is 0 Å². The number of halogens is 1. The van der Waals surface area contributed by atoms with Crippen LogP contribution in [0.5, 0.6) is 0 Å². The van der Waals surface area contributed by atoms with Crippen LogP contribution in [0.1, 0.15) is 5.56 Å². The van der Waals surface area contributed by atoms with Crippen molar-refractivity contribution in [3.63, 3.8) is 0 Å². The molecule has 16 heavy (non-hydrogen) atoms. The predicted octanol–water partition coefficient (Wildman–Crippen LogP) is 1.20. The number of morpholine rings is 1. The normalized spacial score (nSPS) is 16.5. The number of anilines is 1. The fraction of sp³-hybridized carbons (Fsp3) is 0.500. The number of nitrogens with zero attached hydrogens (tertiary/aromatic N) is 1. The average molecular weight is 225 g/mol. The van der Waals surface area contributed by atoms with Crippen molar-refractivity contribution in [1.29, 1.82) is 0 Å². The van der Waals surface area contributed by atoms with E-state index in [1.165, 1.54) is 6.07 Å². The molecule has 2 rings (SSSR count). The van der Waals surface area contributed by atoms with E-state index >= 15 is 0 Å². The van der Waals surface area contributed by atoms with E-state index in [2.05, 4.69) is 0 Å². The number of hydrogen-bond acceptors (Lipinski definition) is 3. The predicted molar refractivity (Wildman–Crippen MR) is 60.2 cm³/mol. The molecule has 88 valence electrons. The van der Waals surface area contributed by atoms with E-state index in [0.29, 0.717) is 25.3 Å². The Kier molecular flexibility index (Phi) is 3.74. The fourth-order valence-corrected chi connectivity index (χ4v) is 1.90. The van der Waals surface area contributed by atoms with Gasteiger partial charge >= 0.3 is 0 Å². The van der Waals surface area contributed by atoms with Gasteiger partial charge in [0.25, 0.3) is 0 Å². The first-order valence-corrected chi connectivity index (χ1v) is 5.53. The van der Waals surface area contributed by atoms with Gasteiger partial charge in [-0.05, 0) is 24.1 Å². The topological polar surface area (TPSA) is 32.7 Å². The molecule has 1 N–H and O–H groups in total. The lowest BCUT2D eigenvalue weighted by molar-refractivity contribution is 0.122. The molecule has 0 unspecified atom stereocenters. The third kappa shape index (κ3) is 2.51. The Morgan fingerprint density at radius 3 is 2.69 bits per heavy atom. The summed E-state index contributed by atoms with van der Waals surface area (Å²) in [6.07, 6.45) is 0.500. The minimum absolute atomic E-state index is 0.0519. The zero-order valence-corrected chi connectivity index (χ0v) is 9.16. The minimum Gasteiger partial charge on any atom is -0.396 e. The van der Waals surface area contributed by atoms with Crippen LogP contribution >= 0.6 is 0 Å². The summed E-state index contributed by atoms with van der Waals surface area (Å²) in [7, 11) is 0. The highest BCUT2D eigenvalue weighted by Crippen LogP contribution is 2.21. The number of ether oxygens (including phenoxy) is 1. The third-order valence-electron chi connectivity index (χ3n) is 2.76. The van der Waals surface area contributed by atoms with Crippen molar-refractivity contribution in [2.24, 2.45) is 0 Å². The molecule has 0 radical (unpaired) electrons. The second-order valence-corrected chi connectivity index (χ2v) is 3.86. The number of aliphatic hydroxyl groups is 1. The molecule has 1 aliphatic heterocycles. The fourth-order valence-electron chi connectivity index (χ4n) is 1.90. The van der Waals surface area contributed by atoms with Gasteiger partial charge in [-0.25, -0.2) is 4.39 Å². The molecule has 3 nitrogen and oxygen atoms in total. The molecule has 0 bridgehead atoms. The SMILES string of the molecule is OCCc1ccc(N2CCOCC2)c(F)c1. The smallest absolute Gasteiger partial charge is 0.146 e. The first kappa shape index (κ1) is 11.4. The first-order valence-electron chi connectivity index (χ1n) is 5.53. The molecule has 0 aromatic heterocycles. The number of aliphatic hydroxyl groups excluding tert-OH is 1. The Balaban J connectivity index is 2.14. The first-order chi connectivity index (χ1) is 7.81. The van der Waals surface area contributed by atoms with Gasteiger partial charge in [0.1, 0.15) is 5.82 Å². The van der Waals surface area contributed by atoms with Crippen LogP contribution in [-0.4, -0.2) is 38.0 Å². The Morgan fingerprint density at radius 2 is 2.06 bits per heavy atom. The van der Waals surface area contributed by atoms with Gasteiger partial charge in [0.15, 0.2) is 0 Å². The maximum absolute atomic E-state index is 13.8. The number of hydrogen-bond donors (Lipinski definition) is 1. The van der Waals surface area contributed by atoms with Crippen molar-refractivity contribution in [2.45, 2.75) is 6.42 Å². The van der Waals surface area contributed by atoms with Crippen molar-refractivity contribution in [2.75, 3.05) is 37.8 Å². The van der Waals surface area contributed by atoms with Crippen LogP contribution < -0.4 is 4.90 Å². The zero-order valence-electron chi connectivity index (χ0n) is 9.16. The van der Waals surface area contributed by atoms with Gasteiger partial charge in [-0.3, -0.25) is 0 Å². The van der Waals surface area contributed by atoms with E-state index in [9.17, 15) is 4.39 Å². The molecular formula is C12H16FNO2. The van der Waals surface area contributed by atoms with Gasteiger partial charge in [0.2, 0.25) is 0 Å². The monoisotopic (exact) mass is 225 g/mol. The van der Waals surface area contributed by atoms with E-state index < -0.39 is 0 Å². The molecule has 1 saturated heterocycles. The zero-order chi connectivity index (χ0) is 11.4. The van der Waals surface area contributed by atoms with Crippen LogP contribution in [0, 0.1) is 5.82 Å². The highest BCUT2D eigenvalue weighted by Gasteiger charge is 2.14. The lowest BCUT2D eigenvalue weighted by Crippen LogP contribution is -2.36. The lowest BCUT2D eigenvalue weighted by Gasteiger charge is -2.29. The van der Waals surface area contributed by atoms with Crippen molar-refractivity contribution in [1.82, 2.24) is 0 Å². The largest absolute Gasteiger partial charge is 0.396 e. The van der Waals surface area contributed by atoms with Gasteiger partial charge in [-0.2, -0.15) is 0 Å². The molecular weight excluding hydrogens is 209 g/mol. The second kappa shape index (κ2) is 5.27. The maximum atomic E-state index is 13.8. The van der Waals surface area contributed by atoms with E-state index in [1.54, 1.807) is 6.07 Å². The molecule has 0 aliphatic carbocycles. The molecule has 1 aliphatic rings. The molecule has 1 aromatic rings. The molecule has 1 heterocycles. The highest BCUT2D eigenvalue weighted by atomic mass is 19.1. The van der Waals surface area contributed by atoms with Gasteiger partial charge in [0, 0.05) is 19.7 Å². The Hall–Kier alpha value is -1.13. The number of benzene rings is 1. The third-order valence-corrected chi connectivity index (χ3v) is 2.76. The maximum Gasteiger partial charge on any atom is 0.146 e. The van der Waals surface area contributed by atoms with E-state index in [4.69, 9.17) is 9.84 Å². The molecule has 0 spiro atoms. The van der Waals surface area contributed by atoms with Crippen molar-refractivity contribution in [3.05, 3.63) is 29.6 Å². The van der Waals surface area contributed by atoms with Gasteiger partial charge < -0.3 is 14.7 Å². The molecule has 0 saturated carbocycles. The van der Waals surface area contributed by atoms with E-state index in [0.717, 1.165) is 18.7 Å². The van der Waals surface area contributed by atoms with Crippen molar-refractivity contribution >= 4 is 5.69 Å². The summed E-state index contributed by atoms with van der Waals surface area (Å²) in [5.74, 6) is -0.215. The lowest BCUT2D eigenvalue weighted by atomic mass is 10.1. The minimum atomic E-state index is -0.215. The summed E-state index contributed by atoms with van der Waals surface area (Å²) >= 11 is 0. The van der Waals surface area contributed by atoms with E-state index in [-0.39, 0.29) is 12.4 Å². The Morgan fingerprint density at radius 1 is 1.31 bits per heavy atom. The van der Waals surface area contributed by atoms with Crippen LogP contribution in [-0.2, 0) is 11.2 Å². The highest BCUT2D eigenvalue weighted by molar-refractivity contribution is 5.49. The molecule has 4 heteroatoms. The summed E-state index contributed by atoms with van der Waals surface area (Å²) in [6.45, 7) is 2.82.